The number of sulfonamides is 1. The number of tetrazole rings is 1. The van der Waals surface area contributed by atoms with Crippen LogP contribution in [-0.4, -0.2) is 59.8 Å². The average molecular weight is 483 g/mol. The largest absolute Gasteiger partial charge is 0.382 e. The van der Waals surface area contributed by atoms with E-state index in [-0.39, 0.29) is 10.9 Å². The van der Waals surface area contributed by atoms with Crippen molar-refractivity contribution in [3.8, 4) is 11.4 Å². The molecule has 0 amide bonds. The van der Waals surface area contributed by atoms with E-state index in [4.69, 9.17) is 5.10 Å². The minimum absolute atomic E-state index is 0.0837. The van der Waals surface area contributed by atoms with Crippen molar-refractivity contribution in [1.29, 1.82) is 0 Å². The fraction of sp³-hybridized carbons (Fsp3) is 0.478. The lowest BCUT2D eigenvalue weighted by Gasteiger charge is -2.25. The summed E-state index contributed by atoms with van der Waals surface area (Å²) in [6.07, 6.45) is 10.4. The highest BCUT2D eigenvalue weighted by Gasteiger charge is 2.27. The van der Waals surface area contributed by atoms with Crippen LogP contribution in [0.2, 0.25) is 0 Å². The summed E-state index contributed by atoms with van der Waals surface area (Å²) in [6, 6.07) is 9.49. The molecule has 34 heavy (non-hydrogen) atoms. The molecule has 1 saturated carbocycles. The zero-order valence-corrected chi connectivity index (χ0v) is 20.1. The second-order valence-electron chi connectivity index (χ2n) is 8.93. The number of aromatic nitrogens is 5. The number of rotatable bonds is 7. The van der Waals surface area contributed by atoms with Gasteiger partial charge in [0, 0.05) is 36.6 Å². The summed E-state index contributed by atoms with van der Waals surface area (Å²) in [5, 5.41) is 17.0. The molecule has 2 aliphatic rings. The van der Waals surface area contributed by atoms with Crippen LogP contribution in [0.25, 0.3) is 11.4 Å². The topological polar surface area (TPSA) is 118 Å². The zero-order valence-electron chi connectivity index (χ0n) is 19.3. The lowest BCUT2D eigenvalue weighted by molar-refractivity contribution is 0.427. The quantitative estimate of drug-likeness (QED) is 0.528. The first-order chi connectivity index (χ1) is 16.5. The third-order valence-electron chi connectivity index (χ3n) is 6.71. The van der Waals surface area contributed by atoms with Crippen LogP contribution in [0.4, 0.5) is 11.4 Å². The maximum Gasteiger partial charge on any atom is 0.240 e. The van der Waals surface area contributed by atoms with Gasteiger partial charge in [0.2, 0.25) is 15.8 Å². The number of anilines is 2. The smallest absolute Gasteiger partial charge is 0.240 e. The second-order valence-corrected chi connectivity index (χ2v) is 10.8. The minimum Gasteiger partial charge on any atom is -0.382 e. The molecule has 11 heteroatoms. The zero-order chi connectivity index (χ0) is 23.5. The number of pyridine rings is 1. The van der Waals surface area contributed by atoms with Gasteiger partial charge in [-0.25, -0.2) is 13.1 Å². The molecule has 1 aliphatic carbocycles. The van der Waals surface area contributed by atoms with Gasteiger partial charge in [-0.3, -0.25) is 4.98 Å². The van der Waals surface area contributed by atoms with E-state index in [0.29, 0.717) is 17.4 Å². The fourth-order valence-corrected chi connectivity index (χ4v) is 5.54. The Morgan fingerprint density at radius 2 is 1.94 bits per heavy atom. The molecule has 1 aliphatic heterocycles. The number of nitrogens with zero attached hydrogens (tertiary/aromatic N) is 6. The van der Waals surface area contributed by atoms with Crippen LogP contribution in [0.3, 0.4) is 0 Å². The predicted molar refractivity (Wildman–Crippen MR) is 130 cm³/mol. The Labute approximate surface area is 199 Å². The first-order valence-electron chi connectivity index (χ1n) is 11.8. The van der Waals surface area contributed by atoms with Crippen molar-refractivity contribution in [3.05, 3.63) is 42.7 Å². The normalized spacial score (nSPS) is 19.4. The molecule has 10 nitrogen and oxygen atoms in total. The molecule has 1 atom stereocenters. The molecule has 0 spiro atoms. The Morgan fingerprint density at radius 3 is 2.71 bits per heavy atom. The third kappa shape index (κ3) is 4.76. The van der Waals surface area contributed by atoms with Crippen molar-refractivity contribution < 1.29 is 8.42 Å². The monoisotopic (exact) mass is 482 g/mol. The Balaban J connectivity index is 1.42. The summed E-state index contributed by atoms with van der Waals surface area (Å²) in [5.74, 6) is 0.422. The summed E-state index contributed by atoms with van der Waals surface area (Å²) in [7, 11) is -2.19. The van der Waals surface area contributed by atoms with E-state index in [2.05, 4.69) is 30.2 Å². The van der Waals surface area contributed by atoms with Crippen molar-refractivity contribution in [2.45, 2.75) is 55.5 Å². The van der Waals surface area contributed by atoms with Gasteiger partial charge in [0.1, 0.15) is 0 Å². The fourth-order valence-electron chi connectivity index (χ4n) is 4.78. The first-order valence-corrected chi connectivity index (χ1v) is 13.3. The van der Waals surface area contributed by atoms with E-state index >= 15 is 0 Å². The van der Waals surface area contributed by atoms with Crippen molar-refractivity contribution >= 4 is 21.4 Å². The maximum absolute atomic E-state index is 12.5. The van der Waals surface area contributed by atoms with Crippen molar-refractivity contribution in [2.24, 2.45) is 0 Å². The molecular weight excluding hydrogens is 452 g/mol. The van der Waals surface area contributed by atoms with Crippen LogP contribution < -0.4 is 14.9 Å². The first kappa shape index (κ1) is 22.7. The molecule has 3 heterocycles. The van der Waals surface area contributed by atoms with Gasteiger partial charge in [0.15, 0.2) is 0 Å². The van der Waals surface area contributed by atoms with Gasteiger partial charge < -0.3 is 10.2 Å². The predicted octanol–water partition coefficient (Wildman–Crippen LogP) is 2.84. The highest BCUT2D eigenvalue weighted by atomic mass is 32.2. The minimum atomic E-state index is -3.60. The van der Waals surface area contributed by atoms with Gasteiger partial charge in [-0.1, -0.05) is 19.3 Å². The standard InChI is InChI=1S/C23H30N8O2S/c1-24-34(32,33)20-9-10-22(26-17-6-3-2-4-7-17)21(14-20)23-27-29-31(28-23)19-11-13-30(16-19)18-8-5-12-25-15-18/h5,8-10,12,14-15,17,19,24,26H,2-4,6-7,11,13,16H2,1H3. The summed E-state index contributed by atoms with van der Waals surface area (Å²) in [4.78, 5) is 8.31. The van der Waals surface area contributed by atoms with Gasteiger partial charge in [-0.05, 0) is 61.9 Å². The number of hydrogen-bond acceptors (Lipinski definition) is 8. The van der Waals surface area contributed by atoms with Gasteiger partial charge in [-0.2, -0.15) is 4.80 Å². The SMILES string of the molecule is CNS(=O)(=O)c1ccc(NC2CCCCC2)c(-c2nnn(C3CCN(c4cccnc4)C3)n2)c1. The van der Waals surface area contributed by atoms with Crippen LogP contribution in [0.1, 0.15) is 44.6 Å². The Morgan fingerprint density at radius 1 is 1.09 bits per heavy atom. The third-order valence-corrected chi connectivity index (χ3v) is 8.12. The Kier molecular flexibility index (Phi) is 6.46. The van der Waals surface area contributed by atoms with E-state index in [1.807, 2.05) is 24.4 Å². The number of benzene rings is 1. The molecule has 2 aromatic heterocycles. The average Bonchev–Trinajstić information content (AvgIpc) is 3.56. The van der Waals surface area contributed by atoms with Gasteiger partial charge >= 0.3 is 0 Å². The van der Waals surface area contributed by atoms with E-state index < -0.39 is 10.0 Å². The van der Waals surface area contributed by atoms with Crippen LogP contribution in [0, 0.1) is 0 Å². The van der Waals surface area contributed by atoms with E-state index in [1.165, 1.54) is 26.3 Å². The lowest BCUT2D eigenvalue weighted by Crippen LogP contribution is -2.23. The van der Waals surface area contributed by atoms with E-state index in [9.17, 15) is 8.42 Å². The molecule has 1 unspecified atom stereocenters. The van der Waals surface area contributed by atoms with Crippen LogP contribution in [0.15, 0.2) is 47.6 Å². The Hall–Kier alpha value is -3.05. The highest BCUT2D eigenvalue weighted by molar-refractivity contribution is 7.89. The van der Waals surface area contributed by atoms with E-state index in [0.717, 1.165) is 43.7 Å². The molecule has 1 saturated heterocycles. The van der Waals surface area contributed by atoms with Crippen LogP contribution in [-0.2, 0) is 10.0 Å². The second kappa shape index (κ2) is 9.67. The molecule has 1 aromatic carbocycles. The molecule has 2 fully saturated rings. The lowest BCUT2D eigenvalue weighted by atomic mass is 9.95. The molecule has 0 bridgehead atoms. The van der Waals surface area contributed by atoms with E-state index in [1.54, 1.807) is 23.1 Å². The van der Waals surface area contributed by atoms with Crippen LogP contribution >= 0.6 is 0 Å². The summed E-state index contributed by atoms with van der Waals surface area (Å²) in [6.45, 7) is 1.65. The molecule has 2 N–H and O–H groups in total. The number of hydrogen-bond donors (Lipinski definition) is 2. The molecule has 180 valence electrons. The summed E-state index contributed by atoms with van der Waals surface area (Å²) < 4.78 is 27.3. The highest BCUT2D eigenvalue weighted by Crippen LogP contribution is 2.32. The summed E-state index contributed by atoms with van der Waals surface area (Å²) in [5.41, 5.74) is 2.56. The molecule has 3 aromatic rings. The number of nitrogens with one attached hydrogen (secondary N) is 2. The van der Waals surface area contributed by atoms with Crippen molar-refractivity contribution in [3.63, 3.8) is 0 Å². The van der Waals surface area contributed by atoms with Crippen LogP contribution in [0.5, 0.6) is 0 Å². The maximum atomic E-state index is 12.5. The summed E-state index contributed by atoms with van der Waals surface area (Å²) >= 11 is 0. The van der Waals surface area contributed by atoms with Gasteiger partial charge in [-0.15, -0.1) is 10.2 Å². The Bertz CT molecular complexity index is 1220. The van der Waals surface area contributed by atoms with Crippen molar-refractivity contribution in [2.75, 3.05) is 30.4 Å². The van der Waals surface area contributed by atoms with Gasteiger partial charge in [0.05, 0.1) is 22.8 Å². The van der Waals surface area contributed by atoms with Gasteiger partial charge in [0.25, 0.3) is 0 Å². The molecule has 0 radical (unpaired) electrons. The molecule has 5 rings (SSSR count). The molecular formula is C23H30N8O2S. The van der Waals surface area contributed by atoms with Crippen molar-refractivity contribution in [1.82, 2.24) is 29.9 Å².